The Morgan fingerprint density at radius 1 is 0.933 bits per heavy atom. The average molecular weight is 419 g/mol. The Morgan fingerprint density at radius 3 is 2.47 bits per heavy atom. The van der Waals surface area contributed by atoms with E-state index in [-0.39, 0.29) is 5.91 Å². The van der Waals surface area contributed by atoms with Crippen LogP contribution in [0.2, 0.25) is 0 Å². The number of nitrogens with zero attached hydrogens (tertiary/aromatic N) is 3. The zero-order valence-corrected chi connectivity index (χ0v) is 17.8. The van der Waals surface area contributed by atoms with Gasteiger partial charge >= 0.3 is 0 Å². The summed E-state index contributed by atoms with van der Waals surface area (Å²) >= 11 is 1.49. The normalized spacial score (nSPS) is 16.0. The van der Waals surface area contributed by atoms with Gasteiger partial charge in [0.2, 0.25) is 5.91 Å². The van der Waals surface area contributed by atoms with Gasteiger partial charge in [0.05, 0.1) is 22.3 Å². The third-order valence-corrected chi connectivity index (χ3v) is 6.85. The smallest absolute Gasteiger partial charge is 0.230 e. The molecule has 5 nitrogen and oxygen atoms in total. The van der Waals surface area contributed by atoms with Crippen molar-refractivity contribution in [2.45, 2.75) is 56.1 Å². The molecule has 0 unspecified atom stereocenters. The van der Waals surface area contributed by atoms with Gasteiger partial charge in [-0.05, 0) is 37.1 Å². The summed E-state index contributed by atoms with van der Waals surface area (Å²) in [6, 6.07) is 16.5. The molecule has 0 bridgehead atoms. The Morgan fingerprint density at radius 2 is 1.63 bits per heavy atom. The predicted molar refractivity (Wildman–Crippen MR) is 123 cm³/mol. The van der Waals surface area contributed by atoms with Crippen LogP contribution in [0.1, 0.15) is 44.9 Å². The summed E-state index contributed by atoms with van der Waals surface area (Å²) in [5.74, 6) is 0.460. The van der Waals surface area contributed by atoms with Crippen LogP contribution in [0.3, 0.4) is 0 Å². The molecular weight excluding hydrogens is 392 g/mol. The first-order valence-electron chi connectivity index (χ1n) is 10.9. The van der Waals surface area contributed by atoms with E-state index >= 15 is 0 Å². The number of rotatable bonds is 4. The number of nitrogens with one attached hydrogen (secondary N) is 1. The summed E-state index contributed by atoms with van der Waals surface area (Å²) in [5, 5.41) is 5.10. The van der Waals surface area contributed by atoms with Crippen molar-refractivity contribution in [3.63, 3.8) is 0 Å². The van der Waals surface area contributed by atoms with Crippen LogP contribution in [-0.4, -0.2) is 32.1 Å². The van der Waals surface area contributed by atoms with E-state index in [4.69, 9.17) is 9.97 Å². The molecule has 0 spiro atoms. The molecule has 0 saturated heterocycles. The van der Waals surface area contributed by atoms with Gasteiger partial charge in [-0.25, -0.2) is 9.97 Å². The van der Waals surface area contributed by atoms with Crippen molar-refractivity contribution < 1.29 is 4.79 Å². The molecule has 0 radical (unpaired) electrons. The Hall–Kier alpha value is -2.60. The zero-order chi connectivity index (χ0) is 20.3. The van der Waals surface area contributed by atoms with E-state index in [1.165, 1.54) is 43.9 Å². The van der Waals surface area contributed by atoms with Crippen LogP contribution in [0, 0.1) is 0 Å². The lowest BCUT2D eigenvalue weighted by Crippen LogP contribution is -2.36. The fourth-order valence-electron chi connectivity index (χ4n) is 4.41. The number of aromatic nitrogens is 3. The number of imidazole rings is 1. The largest absolute Gasteiger partial charge is 0.353 e. The van der Waals surface area contributed by atoms with Crippen LogP contribution >= 0.6 is 11.8 Å². The zero-order valence-electron chi connectivity index (χ0n) is 17.0. The second kappa shape index (κ2) is 8.64. The average Bonchev–Trinajstić information content (AvgIpc) is 3.14. The molecule has 2 heterocycles. The van der Waals surface area contributed by atoms with Gasteiger partial charge in [0.1, 0.15) is 5.65 Å². The van der Waals surface area contributed by atoms with Gasteiger partial charge in [-0.15, -0.1) is 0 Å². The van der Waals surface area contributed by atoms with Crippen LogP contribution in [0.25, 0.3) is 27.6 Å². The first kappa shape index (κ1) is 19.4. The molecule has 4 aromatic rings. The van der Waals surface area contributed by atoms with E-state index in [0.717, 1.165) is 45.6 Å². The maximum atomic E-state index is 12.7. The van der Waals surface area contributed by atoms with Gasteiger partial charge in [0, 0.05) is 11.4 Å². The minimum absolute atomic E-state index is 0.0955. The van der Waals surface area contributed by atoms with Gasteiger partial charge in [0.25, 0.3) is 0 Å². The first-order chi connectivity index (χ1) is 14.8. The van der Waals surface area contributed by atoms with Gasteiger partial charge in [-0.1, -0.05) is 68.1 Å². The number of carbonyl (C=O) groups is 1. The monoisotopic (exact) mass is 418 g/mol. The maximum Gasteiger partial charge on any atom is 0.230 e. The SMILES string of the molecule is O=C(CSc1nc2ccccc2c2nc3ccccc3n12)NC1CCCCCCC1. The first-order valence-corrected chi connectivity index (χ1v) is 11.9. The molecule has 2 aromatic carbocycles. The van der Waals surface area contributed by atoms with Crippen LogP contribution in [-0.2, 0) is 4.79 Å². The van der Waals surface area contributed by atoms with Crippen LogP contribution in [0.15, 0.2) is 53.7 Å². The highest BCUT2D eigenvalue weighted by atomic mass is 32.2. The quantitative estimate of drug-likeness (QED) is 0.358. The molecular formula is C24H26N4OS. The Bertz CT molecular complexity index is 1190. The number of fused-ring (bicyclic) bond motifs is 5. The van der Waals surface area contributed by atoms with E-state index in [9.17, 15) is 4.79 Å². The van der Waals surface area contributed by atoms with Crippen LogP contribution in [0.5, 0.6) is 0 Å². The highest BCUT2D eigenvalue weighted by molar-refractivity contribution is 7.99. The highest BCUT2D eigenvalue weighted by Gasteiger charge is 2.17. The minimum atomic E-state index is 0.0955. The summed E-state index contributed by atoms with van der Waals surface area (Å²) in [6.07, 6.45) is 8.53. The molecule has 1 aliphatic rings. The third-order valence-electron chi connectivity index (χ3n) is 5.92. The highest BCUT2D eigenvalue weighted by Crippen LogP contribution is 2.29. The van der Waals surface area contributed by atoms with Crippen molar-refractivity contribution in [2.75, 3.05) is 5.75 Å². The van der Waals surface area contributed by atoms with Crippen molar-refractivity contribution in [1.82, 2.24) is 19.7 Å². The summed E-state index contributed by atoms with van der Waals surface area (Å²) in [7, 11) is 0. The Balaban J connectivity index is 1.42. The van der Waals surface area contributed by atoms with Gasteiger partial charge < -0.3 is 5.32 Å². The lowest BCUT2D eigenvalue weighted by atomic mass is 9.97. The molecule has 1 amide bonds. The van der Waals surface area contributed by atoms with Crippen molar-refractivity contribution in [2.24, 2.45) is 0 Å². The molecule has 0 aliphatic heterocycles. The lowest BCUT2D eigenvalue weighted by molar-refractivity contribution is -0.119. The maximum absolute atomic E-state index is 12.7. The van der Waals surface area contributed by atoms with Crippen LogP contribution < -0.4 is 5.32 Å². The van der Waals surface area contributed by atoms with Crippen molar-refractivity contribution in [3.8, 4) is 0 Å². The van der Waals surface area contributed by atoms with E-state index in [1.807, 2.05) is 36.4 Å². The Labute approximate surface area is 180 Å². The molecule has 5 rings (SSSR count). The molecule has 30 heavy (non-hydrogen) atoms. The van der Waals surface area contributed by atoms with E-state index in [0.29, 0.717) is 11.8 Å². The minimum Gasteiger partial charge on any atom is -0.353 e. The molecule has 1 saturated carbocycles. The van der Waals surface area contributed by atoms with E-state index in [2.05, 4.69) is 21.9 Å². The second-order valence-corrected chi connectivity index (χ2v) is 9.01. The van der Waals surface area contributed by atoms with E-state index < -0.39 is 0 Å². The molecule has 1 aliphatic carbocycles. The van der Waals surface area contributed by atoms with Crippen molar-refractivity contribution in [1.29, 1.82) is 0 Å². The summed E-state index contributed by atoms with van der Waals surface area (Å²) in [5.41, 5.74) is 3.76. The summed E-state index contributed by atoms with van der Waals surface area (Å²) in [4.78, 5) is 22.4. The third kappa shape index (κ3) is 3.88. The van der Waals surface area contributed by atoms with Gasteiger partial charge in [-0.2, -0.15) is 0 Å². The fraction of sp³-hybridized carbons (Fsp3) is 0.375. The molecule has 1 N–H and O–H groups in total. The van der Waals surface area contributed by atoms with Crippen LogP contribution in [0.4, 0.5) is 0 Å². The molecule has 154 valence electrons. The Kier molecular flexibility index (Phi) is 5.58. The number of thioether (sulfide) groups is 1. The molecule has 1 fully saturated rings. The van der Waals surface area contributed by atoms with Crippen molar-refractivity contribution >= 4 is 45.3 Å². The number of para-hydroxylation sites is 3. The summed E-state index contributed by atoms with van der Waals surface area (Å²) < 4.78 is 2.09. The second-order valence-electron chi connectivity index (χ2n) is 8.07. The number of amides is 1. The summed E-state index contributed by atoms with van der Waals surface area (Å²) in [6.45, 7) is 0. The van der Waals surface area contributed by atoms with Gasteiger partial charge in [0.15, 0.2) is 5.16 Å². The number of hydrogen-bond donors (Lipinski definition) is 1. The standard InChI is InChI=1S/C24H26N4OS/c29-22(25-17-10-4-2-1-3-5-11-17)16-30-24-27-19-13-7-6-12-18(19)23-26-20-14-8-9-15-21(20)28(23)24/h6-9,12-15,17H,1-5,10-11,16H2,(H,25,29). The van der Waals surface area contributed by atoms with Crippen molar-refractivity contribution in [3.05, 3.63) is 48.5 Å². The topological polar surface area (TPSA) is 59.3 Å². The predicted octanol–water partition coefficient (Wildman–Crippen LogP) is 5.36. The van der Waals surface area contributed by atoms with E-state index in [1.54, 1.807) is 0 Å². The molecule has 6 heteroatoms. The molecule has 0 atom stereocenters. The number of carbonyl (C=O) groups excluding carboxylic acids is 1. The lowest BCUT2D eigenvalue weighted by Gasteiger charge is -2.21. The number of benzene rings is 2. The molecule has 2 aromatic heterocycles. The number of hydrogen-bond acceptors (Lipinski definition) is 4. The van der Waals surface area contributed by atoms with Gasteiger partial charge in [-0.3, -0.25) is 9.20 Å². The fourth-order valence-corrected chi connectivity index (χ4v) is 5.23.